The van der Waals surface area contributed by atoms with Crippen molar-refractivity contribution in [2.75, 3.05) is 0 Å². The van der Waals surface area contributed by atoms with Crippen LogP contribution in [0.1, 0.15) is 151 Å². The van der Waals surface area contributed by atoms with Crippen LogP contribution in [0.5, 0.6) is 0 Å². The number of pyridine rings is 5. The summed E-state index contributed by atoms with van der Waals surface area (Å²) in [7, 11) is 9.02. The van der Waals surface area contributed by atoms with Crippen LogP contribution >= 0.6 is 56.7 Å². The molecular weight excluding hydrogens is 1950 g/mol. The third kappa shape index (κ3) is 17.6. The topological polar surface area (TPSA) is 369 Å². The molecule has 0 amide bonds. The van der Waals surface area contributed by atoms with Gasteiger partial charge >= 0.3 is 6.18 Å². The van der Waals surface area contributed by atoms with Gasteiger partial charge in [0.15, 0.2) is 59.9 Å². The van der Waals surface area contributed by atoms with Crippen molar-refractivity contribution in [3.05, 3.63) is 298 Å². The highest BCUT2D eigenvalue weighted by Crippen LogP contribution is 2.46. The van der Waals surface area contributed by atoms with Gasteiger partial charge in [-0.2, -0.15) is 86.7 Å². The van der Waals surface area contributed by atoms with Gasteiger partial charge in [0.25, 0.3) is 0 Å². The van der Waals surface area contributed by atoms with Gasteiger partial charge in [-0.25, -0.2) is 17.6 Å². The van der Waals surface area contributed by atoms with Gasteiger partial charge in [-0.3, -0.25) is 48.3 Å². The third-order valence-electron chi connectivity index (χ3n) is 24.8. The van der Waals surface area contributed by atoms with Crippen molar-refractivity contribution in [3.8, 4) is 52.9 Å². The number of fused-ring (bicyclic) bond motifs is 10. The number of rotatable bonds is 17. The van der Waals surface area contributed by atoms with Crippen molar-refractivity contribution in [1.29, 1.82) is 0 Å². The summed E-state index contributed by atoms with van der Waals surface area (Å²) in [4.78, 5) is 24.3. The quantitative estimate of drug-likeness (QED) is 0.0764. The second kappa shape index (κ2) is 37.1. The molecule has 0 radical (unpaired) electrons. The molecule has 47 heteroatoms. The molecule has 20 aromatic heterocycles. The lowest BCUT2D eigenvalue weighted by Crippen LogP contribution is -2.23. The van der Waals surface area contributed by atoms with Crippen LogP contribution in [0.4, 0.5) is 30.7 Å². The molecule has 26 rings (SSSR count). The van der Waals surface area contributed by atoms with Crippen LogP contribution < -0.4 is 0 Å². The van der Waals surface area contributed by atoms with Gasteiger partial charge in [0, 0.05) is 178 Å². The lowest BCUT2D eigenvalue weighted by molar-refractivity contribution is -0.141. The monoisotopic (exact) mass is 2030 g/mol. The Balaban J connectivity index is 0.000000103. The molecule has 0 spiro atoms. The lowest BCUT2D eigenvalue weighted by atomic mass is 9.83. The minimum atomic E-state index is -4.57. The first-order chi connectivity index (χ1) is 69.5. The van der Waals surface area contributed by atoms with Crippen LogP contribution in [-0.4, -0.2) is 173 Å². The molecule has 144 heavy (non-hydrogen) atoms. The fourth-order valence-corrected chi connectivity index (χ4v) is 21.7. The summed E-state index contributed by atoms with van der Waals surface area (Å²) in [5.74, 6) is 0.804. The van der Waals surface area contributed by atoms with E-state index in [-0.39, 0.29) is 73.6 Å². The first-order valence-electron chi connectivity index (χ1n) is 45.2. The van der Waals surface area contributed by atoms with Gasteiger partial charge in [0.1, 0.15) is 23.3 Å². The van der Waals surface area contributed by atoms with Crippen LogP contribution in [0.3, 0.4) is 0 Å². The zero-order chi connectivity index (χ0) is 99.6. The van der Waals surface area contributed by atoms with Crippen molar-refractivity contribution in [1.82, 2.24) is 173 Å². The first-order valence-corrected chi connectivity index (χ1v) is 49.3. The molecule has 5 aromatic carbocycles. The van der Waals surface area contributed by atoms with Gasteiger partial charge in [0.2, 0.25) is 24.8 Å². The summed E-state index contributed by atoms with van der Waals surface area (Å²) in [5, 5.41) is 94.3. The fraction of sp³-hybridized carbons (Fsp3) is 0.227. The summed E-state index contributed by atoms with van der Waals surface area (Å²) >= 11 is 6.86. The largest absolute Gasteiger partial charge is 0.435 e. The van der Waals surface area contributed by atoms with Gasteiger partial charge in [-0.15, -0.1) is 51.0 Å². The van der Waals surface area contributed by atoms with Crippen molar-refractivity contribution in [3.63, 3.8) is 0 Å². The number of hydrogen-bond acceptors (Lipinski definition) is 30. The highest BCUT2D eigenvalue weighted by molar-refractivity contribution is 7.21. The highest BCUT2D eigenvalue weighted by atomic mass is 32.1. The summed E-state index contributed by atoms with van der Waals surface area (Å²) in [6, 6.07) is 39.4. The maximum absolute atomic E-state index is 14.9. The van der Waals surface area contributed by atoms with E-state index < -0.39 is 35.1 Å². The van der Waals surface area contributed by atoms with Crippen LogP contribution in [0, 0.1) is 37.1 Å². The van der Waals surface area contributed by atoms with Crippen molar-refractivity contribution < 1.29 is 30.7 Å². The van der Waals surface area contributed by atoms with E-state index in [2.05, 4.69) is 192 Å². The van der Waals surface area contributed by atoms with E-state index in [0.29, 0.717) is 38.3 Å². The van der Waals surface area contributed by atoms with E-state index >= 15 is 0 Å². The molecule has 0 unspecified atom stereocenters. The van der Waals surface area contributed by atoms with Crippen LogP contribution in [0.2, 0.25) is 0 Å². The van der Waals surface area contributed by atoms with E-state index in [9.17, 15) is 30.7 Å². The number of aromatic nitrogens is 35. The van der Waals surface area contributed by atoms with E-state index in [0.717, 1.165) is 153 Å². The number of aryl methyl sites for hydroxylation is 8. The van der Waals surface area contributed by atoms with Gasteiger partial charge < -0.3 is 0 Å². The molecule has 0 saturated heterocycles. The number of halogens is 7. The number of hydrogen-bond donors (Lipinski definition) is 0. The average Bonchev–Trinajstić information content (AvgIpc) is 1.60. The Kier molecular flexibility index (Phi) is 23.9. The Labute approximate surface area is 830 Å². The minimum absolute atomic E-state index is 0.0689. The molecule has 35 nitrogen and oxygen atoms in total. The van der Waals surface area contributed by atoms with Crippen molar-refractivity contribution >= 4 is 136 Å². The minimum Gasteiger partial charge on any atom is -0.275 e. The van der Waals surface area contributed by atoms with E-state index in [4.69, 9.17) is 10.2 Å². The Morgan fingerprint density at radius 1 is 0.382 bits per heavy atom. The smallest absolute Gasteiger partial charge is 0.275 e. The SMILES string of the molecule is CCc1nn(C)cc1-c1nn2c(Cc3c(F)cc4ncccc4c3F)nnc2s1.C[C@@H](c1ccc2ncccc2c1)c1nnc2sc(-c3cn(C)nc3C(F)(F)F)nn12.C[C@@H](c1ccc2ncccc2c1)c1nnc2sc(-c3cn(C)nc3C3CC3)nn12.Cc1nn(C)cc1-c1nn2c(C(C)(C)c3ccc4ncccc4c3)nnc2s1.Cc1nn(C)cc1-c1nn2c(Cc3c(F)cc4ncccc4c3F)nnc2s1. The van der Waals surface area contributed by atoms with E-state index in [1.165, 1.54) is 99.2 Å². The second-order valence-electron chi connectivity index (χ2n) is 35.1. The second-order valence-corrected chi connectivity index (χ2v) is 39.9. The lowest BCUT2D eigenvalue weighted by Gasteiger charge is -2.22. The summed E-state index contributed by atoms with van der Waals surface area (Å²) in [5.41, 5.74) is 13.0. The molecule has 25 aromatic rings. The molecule has 2 atom stereocenters. The number of nitrogens with zero attached hydrogens (tertiary/aromatic N) is 35. The third-order valence-corrected chi connectivity index (χ3v) is 29.5. The fourth-order valence-electron chi connectivity index (χ4n) is 17.3. The van der Waals surface area contributed by atoms with Gasteiger partial charge in [-0.1, -0.05) is 114 Å². The van der Waals surface area contributed by atoms with Gasteiger partial charge in [-0.05, 0) is 143 Å². The highest BCUT2D eigenvalue weighted by Gasteiger charge is 2.40. The first kappa shape index (κ1) is 92.9. The standard InChI is InChI=1S/C21H19N7S.C20H19N7S.C19H14F3N7S.C19H15F2N7S.C18H13F2N7S/c1-12(14-7-8-17-15(10-14)4-3-9-22-17)19-23-24-21-28(19)26-20(29-21)16-11-27(2)25-18(16)13-5-6-13;1-12-15(11-26(4)24-12)17-25-27-18(22-23-19(27)28-17)20(2,3)14-7-8-16-13(10-14)6-5-9-21-16;1-10(11-5-6-14-12(8-11)4-3-7-23-14)16-24-25-18-29(16)27-17(30-18)13-9-28(2)26-15(13)19(20,21)22;1-3-14-12(9-27(2)25-14)18-26-28-16(23-24-19(28)29-18)7-11-13(20)8-15-10(17(11)21)5-4-6-22-15;1-9-12(8-26(2)24-9)17-25-27-15(22-23-18(27)28-17)6-11-13(19)7-14-10(16(11)20)4-3-5-21-14/h3-4,7-13H,5-6H2,1-2H3;5-11H,1-4H3;3-10H,1-2H3;4-6,8-9H,3,7H2,1-2H3;3-5,7-8H,6H2,1-2H3/t12-;;10-;;/m0.0../s1. The molecule has 0 N–H and O–H groups in total. The van der Waals surface area contributed by atoms with E-state index in [1.807, 2.05) is 143 Å². The normalized spacial score (nSPS) is 12.9. The zero-order valence-electron chi connectivity index (χ0n) is 78.5. The molecule has 20 heterocycles. The van der Waals surface area contributed by atoms with E-state index in [1.54, 1.807) is 60.4 Å². The Hall–Kier alpha value is -16.1. The molecule has 0 bridgehead atoms. The Bertz CT molecular complexity index is 9220. The molecule has 1 aliphatic carbocycles. The molecule has 722 valence electrons. The van der Waals surface area contributed by atoms with Crippen LogP contribution in [0.25, 0.3) is 132 Å². The summed E-state index contributed by atoms with van der Waals surface area (Å²) < 4.78 is 116. The average molecular weight is 2030 g/mol. The maximum Gasteiger partial charge on any atom is 0.435 e. The predicted molar refractivity (Wildman–Crippen MR) is 531 cm³/mol. The molecule has 1 fully saturated rings. The molecule has 0 aliphatic heterocycles. The molecule has 1 aliphatic rings. The summed E-state index contributed by atoms with van der Waals surface area (Å²) in [6.07, 6.45) is 16.0. The number of alkyl halides is 3. The molecule has 1 saturated carbocycles. The summed E-state index contributed by atoms with van der Waals surface area (Å²) in [6.45, 7) is 14.3. The Morgan fingerprint density at radius 2 is 0.764 bits per heavy atom. The van der Waals surface area contributed by atoms with Crippen LogP contribution in [0.15, 0.2) is 189 Å². The predicted octanol–water partition coefficient (Wildman–Crippen LogP) is 19.1. The van der Waals surface area contributed by atoms with Crippen molar-refractivity contribution in [2.45, 2.75) is 110 Å². The van der Waals surface area contributed by atoms with Crippen molar-refractivity contribution in [2.24, 2.45) is 35.2 Å². The molecular formula is C97H80F7N35S5. The number of benzene rings is 5. The zero-order valence-corrected chi connectivity index (χ0v) is 82.6. The maximum atomic E-state index is 14.9. The van der Waals surface area contributed by atoms with Crippen LogP contribution in [-0.2, 0) is 66.1 Å². The Morgan fingerprint density at radius 3 is 1.24 bits per heavy atom. The van der Waals surface area contributed by atoms with Gasteiger partial charge in [0.05, 0.1) is 83.6 Å².